The van der Waals surface area contributed by atoms with Crippen LogP contribution in [0.25, 0.3) is 22.5 Å². The lowest BCUT2D eigenvalue weighted by molar-refractivity contribution is 0.495. The van der Waals surface area contributed by atoms with E-state index in [9.17, 15) is 0 Å². The normalized spacial score (nSPS) is 16.0. The quantitative estimate of drug-likeness (QED) is 0.593. The molecule has 1 atom stereocenters. The number of rotatable bonds is 3. The van der Waals surface area contributed by atoms with E-state index >= 15 is 0 Å². The Labute approximate surface area is 156 Å². The number of aromatic nitrogens is 3. The first-order valence-electron chi connectivity index (χ1n) is 9.69. The Hall–Kier alpha value is -2.42. The molecule has 0 saturated carbocycles. The molecule has 0 bridgehead atoms. The van der Waals surface area contributed by atoms with Gasteiger partial charge in [-0.15, -0.1) is 5.10 Å². The Morgan fingerprint density at radius 3 is 2.38 bits per heavy atom. The van der Waals surface area contributed by atoms with E-state index in [-0.39, 0.29) is 6.04 Å². The van der Waals surface area contributed by atoms with Crippen molar-refractivity contribution in [3.05, 3.63) is 59.7 Å². The molecule has 1 aliphatic carbocycles. The van der Waals surface area contributed by atoms with Crippen LogP contribution in [0.2, 0.25) is 0 Å². The smallest absolute Gasteiger partial charge is 0.121 e. The topological polar surface area (TPSA) is 30.7 Å². The van der Waals surface area contributed by atoms with E-state index in [2.05, 4.69) is 91.2 Å². The van der Waals surface area contributed by atoms with Gasteiger partial charge in [0.25, 0.3) is 0 Å². The van der Waals surface area contributed by atoms with Crippen molar-refractivity contribution < 1.29 is 0 Å². The molecule has 1 aromatic heterocycles. The Kier molecular flexibility index (Phi) is 4.39. The summed E-state index contributed by atoms with van der Waals surface area (Å²) in [5.74, 6) is 1.17. The molecule has 4 rings (SSSR count). The monoisotopic (exact) mass is 345 g/mol. The molecule has 3 heteroatoms. The third-order valence-electron chi connectivity index (χ3n) is 5.33. The van der Waals surface area contributed by atoms with Crippen molar-refractivity contribution in [2.45, 2.75) is 52.5 Å². The molecule has 1 unspecified atom stereocenters. The minimum atomic E-state index is 0.273. The molecule has 0 fully saturated rings. The van der Waals surface area contributed by atoms with E-state index in [4.69, 9.17) is 0 Å². The second-order valence-corrected chi connectivity index (χ2v) is 8.10. The summed E-state index contributed by atoms with van der Waals surface area (Å²) in [6.07, 6.45) is 2.24. The zero-order chi connectivity index (χ0) is 18.3. The van der Waals surface area contributed by atoms with Crippen LogP contribution in [0.4, 0.5) is 0 Å². The van der Waals surface area contributed by atoms with Gasteiger partial charge in [-0.1, -0.05) is 67.6 Å². The molecule has 26 heavy (non-hydrogen) atoms. The Morgan fingerprint density at radius 1 is 0.962 bits per heavy atom. The van der Waals surface area contributed by atoms with E-state index in [0.29, 0.717) is 11.8 Å². The van der Waals surface area contributed by atoms with Crippen LogP contribution in [-0.4, -0.2) is 15.0 Å². The number of hydrogen-bond donors (Lipinski definition) is 0. The van der Waals surface area contributed by atoms with Crippen LogP contribution in [-0.2, 0) is 6.42 Å². The predicted octanol–water partition coefficient (Wildman–Crippen LogP) is 5.88. The van der Waals surface area contributed by atoms with E-state index in [1.165, 1.54) is 28.7 Å². The van der Waals surface area contributed by atoms with Gasteiger partial charge in [0.05, 0.1) is 5.69 Å². The first kappa shape index (κ1) is 17.0. The Balaban J connectivity index is 2.04. The minimum Gasteiger partial charge on any atom is -0.242 e. The maximum atomic E-state index is 4.62. The lowest BCUT2D eigenvalue weighted by atomic mass is 9.79. The van der Waals surface area contributed by atoms with Crippen molar-refractivity contribution in [3.8, 4) is 22.5 Å². The number of benzene rings is 2. The summed E-state index contributed by atoms with van der Waals surface area (Å²) in [7, 11) is 0. The second-order valence-electron chi connectivity index (χ2n) is 8.10. The summed E-state index contributed by atoms with van der Waals surface area (Å²) in [4.78, 5) is 0. The summed E-state index contributed by atoms with van der Waals surface area (Å²) >= 11 is 0. The lowest BCUT2D eigenvalue weighted by Gasteiger charge is -2.26. The minimum absolute atomic E-state index is 0.273. The van der Waals surface area contributed by atoms with E-state index in [1.807, 2.05) is 0 Å². The highest BCUT2D eigenvalue weighted by atomic mass is 15.4. The average Bonchev–Trinajstić information content (AvgIpc) is 3.05. The fourth-order valence-corrected chi connectivity index (χ4v) is 4.24. The van der Waals surface area contributed by atoms with Crippen molar-refractivity contribution in [2.75, 3.05) is 0 Å². The Bertz CT molecular complexity index is 921. The largest absolute Gasteiger partial charge is 0.242 e. The van der Waals surface area contributed by atoms with Gasteiger partial charge in [0.2, 0.25) is 0 Å². The first-order valence-corrected chi connectivity index (χ1v) is 9.69. The first-order chi connectivity index (χ1) is 12.6. The van der Waals surface area contributed by atoms with E-state index in [1.54, 1.807) is 0 Å². The van der Waals surface area contributed by atoms with Crippen molar-refractivity contribution in [1.29, 1.82) is 0 Å². The SMILES string of the molecule is CC(C)CC1Cc2ccccc2-c2nnn(C(C)C)c2-c2ccccc21. The van der Waals surface area contributed by atoms with Gasteiger partial charge in [0.1, 0.15) is 5.69 Å². The fourth-order valence-electron chi connectivity index (χ4n) is 4.24. The average molecular weight is 345 g/mol. The summed E-state index contributed by atoms with van der Waals surface area (Å²) in [6.45, 7) is 8.99. The van der Waals surface area contributed by atoms with Crippen LogP contribution in [0.5, 0.6) is 0 Å². The zero-order valence-corrected chi connectivity index (χ0v) is 16.1. The van der Waals surface area contributed by atoms with Crippen LogP contribution >= 0.6 is 0 Å². The summed E-state index contributed by atoms with van der Waals surface area (Å²) in [5.41, 5.74) is 7.52. The third-order valence-corrected chi connectivity index (χ3v) is 5.33. The van der Waals surface area contributed by atoms with Gasteiger partial charge in [0.15, 0.2) is 0 Å². The second kappa shape index (κ2) is 6.71. The van der Waals surface area contributed by atoms with Crippen LogP contribution in [0, 0.1) is 5.92 Å². The highest BCUT2D eigenvalue weighted by Gasteiger charge is 2.28. The maximum Gasteiger partial charge on any atom is 0.121 e. The molecule has 0 saturated heterocycles. The number of fused-ring (bicyclic) bond motifs is 5. The number of nitrogens with zero attached hydrogens (tertiary/aromatic N) is 3. The summed E-state index contributed by atoms with van der Waals surface area (Å²) < 4.78 is 2.09. The predicted molar refractivity (Wildman–Crippen MR) is 107 cm³/mol. The van der Waals surface area contributed by atoms with Gasteiger partial charge >= 0.3 is 0 Å². The highest BCUT2D eigenvalue weighted by molar-refractivity contribution is 5.82. The van der Waals surface area contributed by atoms with Gasteiger partial charge in [-0.05, 0) is 49.7 Å². The van der Waals surface area contributed by atoms with Crippen molar-refractivity contribution in [2.24, 2.45) is 5.92 Å². The molecule has 0 spiro atoms. The fraction of sp³-hybridized carbons (Fsp3) is 0.391. The van der Waals surface area contributed by atoms with Crippen molar-refractivity contribution in [3.63, 3.8) is 0 Å². The molecule has 3 aromatic rings. The molecular weight excluding hydrogens is 318 g/mol. The van der Waals surface area contributed by atoms with Gasteiger partial charge in [-0.2, -0.15) is 0 Å². The van der Waals surface area contributed by atoms with Crippen LogP contribution < -0.4 is 0 Å². The highest BCUT2D eigenvalue weighted by Crippen LogP contribution is 2.43. The molecule has 0 amide bonds. The Morgan fingerprint density at radius 2 is 1.65 bits per heavy atom. The number of hydrogen-bond acceptors (Lipinski definition) is 2. The third kappa shape index (κ3) is 2.86. The van der Waals surface area contributed by atoms with E-state index in [0.717, 1.165) is 17.8 Å². The molecular formula is C23H27N3. The molecule has 3 nitrogen and oxygen atoms in total. The van der Waals surface area contributed by atoms with Gasteiger partial charge < -0.3 is 0 Å². The van der Waals surface area contributed by atoms with Crippen LogP contribution in [0.3, 0.4) is 0 Å². The zero-order valence-electron chi connectivity index (χ0n) is 16.1. The standard InChI is InChI=1S/C23H27N3/c1-15(2)13-18-14-17-9-5-6-11-20(17)22-23(26(16(3)4)25-24-22)21-12-8-7-10-19(18)21/h5-12,15-16,18H,13-14H2,1-4H3. The summed E-state index contributed by atoms with van der Waals surface area (Å²) in [6, 6.07) is 17.9. The van der Waals surface area contributed by atoms with Crippen LogP contribution in [0.15, 0.2) is 48.5 Å². The molecule has 0 N–H and O–H groups in total. The molecule has 0 aliphatic heterocycles. The molecule has 0 radical (unpaired) electrons. The van der Waals surface area contributed by atoms with Gasteiger partial charge in [-0.3, -0.25) is 0 Å². The molecule has 1 heterocycles. The molecule has 2 aromatic carbocycles. The van der Waals surface area contributed by atoms with E-state index < -0.39 is 0 Å². The van der Waals surface area contributed by atoms with Crippen LogP contribution in [0.1, 0.15) is 57.2 Å². The van der Waals surface area contributed by atoms with Crippen molar-refractivity contribution in [1.82, 2.24) is 15.0 Å². The van der Waals surface area contributed by atoms with Gasteiger partial charge in [0, 0.05) is 17.2 Å². The van der Waals surface area contributed by atoms with Gasteiger partial charge in [-0.25, -0.2) is 4.68 Å². The van der Waals surface area contributed by atoms with Crippen molar-refractivity contribution >= 4 is 0 Å². The lowest BCUT2D eigenvalue weighted by Crippen LogP contribution is -2.13. The molecule has 134 valence electrons. The molecule has 1 aliphatic rings. The maximum absolute atomic E-state index is 4.62. The summed E-state index contributed by atoms with van der Waals surface area (Å²) in [5, 5.41) is 9.15.